The van der Waals surface area contributed by atoms with Crippen molar-refractivity contribution in [3.8, 4) is 0 Å². The summed E-state index contributed by atoms with van der Waals surface area (Å²) >= 11 is 0. The highest BCUT2D eigenvalue weighted by atomic mass is 19.1. The summed E-state index contributed by atoms with van der Waals surface area (Å²) in [4.78, 5) is 2.36. The SMILES string of the molecule is CCCCC(NC1CCN(C)C1)c1ccc(F)cc1. The average molecular weight is 264 g/mol. The smallest absolute Gasteiger partial charge is 0.123 e. The van der Waals surface area contributed by atoms with Crippen molar-refractivity contribution in [2.45, 2.75) is 44.7 Å². The van der Waals surface area contributed by atoms with E-state index in [0.29, 0.717) is 12.1 Å². The summed E-state index contributed by atoms with van der Waals surface area (Å²) < 4.78 is 13.0. The first-order valence-electron chi connectivity index (χ1n) is 7.39. The molecule has 1 saturated heterocycles. The van der Waals surface area contributed by atoms with Crippen LogP contribution in [0.5, 0.6) is 0 Å². The van der Waals surface area contributed by atoms with Crippen molar-refractivity contribution in [1.29, 1.82) is 0 Å². The van der Waals surface area contributed by atoms with E-state index in [-0.39, 0.29) is 5.82 Å². The van der Waals surface area contributed by atoms with Gasteiger partial charge in [-0.3, -0.25) is 0 Å². The van der Waals surface area contributed by atoms with Gasteiger partial charge in [-0.2, -0.15) is 0 Å². The molecule has 0 bridgehead atoms. The van der Waals surface area contributed by atoms with Crippen molar-refractivity contribution in [3.63, 3.8) is 0 Å². The largest absolute Gasteiger partial charge is 0.306 e. The molecular weight excluding hydrogens is 239 g/mol. The van der Waals surface area contributed by atoms with Crippen molar-refractivity contribution >= 4 is 0 Å². The van der Waals surface area contributed by atoms with Crippen LogP contribution in [0.2, 0.25) is 0 Å². The zero-order chi connectivity index (χ0) is 13.7. The van der Waals surface area contributed by atoms with E-state index in [4.69, 9.17) is 0 Å². The summed E-state index contributed by atoms with van der Waals surface area (Å²) in [7, 11) is 2.17. The lowest BCUT2D eigenvalue weighted by Crippen LogP contribution is -2.34. The Labute approximate surface area is 116 Å². The van der Waals surface area contributed by atoms with Crippen molar-refractivity contribution in [2.24, 2.45) is 0 Å². The summed E-state index contributed by atoms with van der Waals surface area (Å²) in [5.74, 6) is -0.154. The molecule has 1 N–H and O–H groups in total. The number of hydrogen-bond donors (Lipinski definition) is 1. The summed E-state index contributed by atoms with van der Waals surface area (Å²) in [5.41, 5.74) is 1.21. The van der Waals surface area contributed by atoms with E-state index in [9.17, 15) is 4.39 Å². The van der Waals surface area contributed by atoms with Gasteiger partial charge >= 0.3 is 0 Å². The minimum Gasteiger partial charge on any atom is -0.306 e. The molecule has 106 valence electrons. The predicted octanol–water partition coefficient (Wildman–Crippen LogP) is 3.35. The summed E-state index contributed by atoms with van der Waals surface area (Å²) in [5, 5.41) is 3.75. The highest BCUT2D eigenvalue weighted by Crippen LogP contribution is 2.22. The number of nitrogens with zero attached hydrogens (tertiary/aromatic N) is 1. The first-order valence-corrected chi connectivity index (χ1v) is 7.39. The van der Waals surface area contributed by atoms with Gasteiger partial charge < -0.3 is 10.2 Å². The minimum atomic E-state index is -0.154. The van der Waals surface area contributed by atoms with Gasteiger partial charge in [-0.25, -0.2) is 4.39 Å². The van der Waals surface area contributed by atoms with Crippen LogP contribution in [0, 0.1) is 5.82 Å². The minimum absolute atomic E-state index is 0.154. The molecule has 2 atom stereocenters. The Morgan fingerprint density at radius 3 is 2.68 bits per heavy atom. The zero-order valence-electron chi connectivity index (χ0n) is 12.0. The van der Waals surface area contributed by atoms with Crippen molar-refractivity contribution < 1.29 is 4.39 Å². The van der Waals surface area contributed by atoms with Crippen LogP contribution < -0.4 is 5.32 Å². The second kappa shape index (κ2) is 7.01. The van der Waals surface area contributed by atoms with Crippen molar-refractivity contribution in [2.75, 3.05) is 20.1 Å². The Kier molecular flexibility index (Phi) is 5.34. The van der Waals surface area contributed by atoms with Gasteiger partial charge in [0, 0.05) is 18.6 Å². The zero-order valence-corrected chi connectivity index (χ0v) is 12.0. The molecule has 2 unspecified atom stereocenters. The molecule has 0 aromatic heterocycles. The summed E-state index contributed by atoms with van der Waals surface area (Å²) in [6.45, 7) is 4.50. The fourth-order valence-electron chi connectivity index (χ4n) is 2.81. The number of rotatable bonds is 6. The standard InChI is InChI=1S/C16H25FN2/c1-3-4-5-16(13-6-8-14(17)9-7-13)18-15-10-11-19(2)12-15/h6-9,15-16,18H,3-5,10-12H2,1-2H3. The third-order valence-electron chi connectivity index (χ3n) is 3.95. The number of unbranched alkanes of at least 4 members (excludes halogenated alkanes) is 1. The lowest BCUT2D eigenvalue weighted by molar-refractivity contribution is 0.372. The Morgan fingerprint density at radius 1 is 1.37 bits per heavy atom. The van der Waals surface area contributed by atoms with Crippen LogP contribution in [0.25, 0.3) is 0 Å². The molecule has 0 amide bonds. The normalized spacial score (nSPS) is 21.7. The van der Waals surface area contributed by atoms with Crippen LogP contribution in [0.1, 0.15) is 44.2 Å². The Balaban J connectivity index is 2.00. The number of likely N-dealkylation sites (N-methyl/N-ethyl adjacent to an activating group) is 1. The van der Waals surface area contributed by atoms with Gasteiger partial charge in [0.15, 0.2) is 0 Å². The quantitative estimate of drug-likeness (QED) is 0.847. The second-order valence-corrected chi connectivity index (χ2v) is 5.66. The predicted molar refractivity (Wildman–Crippen MR) is 77.7 cm³/mol. The topological polar surface area (TPSA) is 15.3 Å². The fourth-order valence-corrected chi connectivity index (χ4v) is 2.81. The number of nitrogens with one attached hydrogen (secondary N) is 1. The molecule has 1 aromatic carbocycles. The maximum absolute atomic E-state index is 13.0. The Hall–Kier alpha value is -0.930. The molecule has 1 heterocycles. The molecule has 2 rings (SSSR count). The highest BCUT2D eigenvalue weighted by Gasteiger charge is 2.22. The molecule has 19 heavy (non-hydrogen) atoms. The number of hydrogen-bond acceptors (Lipinski definition) is 2. The van der Waals surface area contributed by atoms with Crippen molar-refractivity contribution in [1.82, 2.24) is 10.2 Å². The lowest BCUT2D eigenvalue weighted by Gasteiger charge is -2.23. The summed E-state index contributed by atoms with van der Waals surface area (Å²) in [6, 6.07) is 7.89. The fraction of sp³-hybridized carbons (Fsp3) is 0.625. The molecule has 0 saturated carbocycles. The molecule has 1 aliphatic heterocycles. The second-order valence-electron chi connectivity index (χ2n) is 5.66. The van der Waals surface area contributed by atoms with Crippen LogP contribution in [0.15, 0.2) is 24.3 Å². The first kappa shape index (κ1) is 14.5. The van der Waals surface area contributed by atoms with E-state index in [0.717, 1.165) is 13.0 Å². The summed E-state index contributed by atoms with van der Waals surface area (Å²) in [6.07, 6.45) is 4.74. The maximum Gasteiger partial charge on any atom is 0.123 e. The molecule has 3 heteroatoms. The van der Waals surface area contributed by atoms with E-state index >= 15 is 0 Å². The van der Waals surface area contributed by atoms with Gasteiger partial charge in [0.1, 0.15) is 5.82 Å². The van der Waals surface area contributed by atoms with E-state index in [1.807, 2.05) is 12.1 Å². The van der Waals surface area contributed by atoms with Crippen LogP contribution in [0.4, 0.5) is 4.39 Å². The van der Waals surface area contributed by atoms with E-state index < -0.39 is 0 Å². The molecule has 1 fully saturated rings. The Bertz CT molecular complexity index is 377. The average Bonchev–Trinajstić information content (AvgIpc) is 2.81. The molecule has 1 aromatic rings. The monoisotopic (exact) mass is 264 g/mol. The van der Waals surface area contributed by atoms with Gasteiger partial charge in [-0.1, -0.05) is 31.9 Å². The van der Waals surface area contributed by atoms with Gasteiger partial charge in [0.2, 0.25) is 0 Å². The highest BCUT2D eigenvalue weighted by molar-refractivity contribution is 5.20. The van der Waals surface area contributed by atoms with Crippen LogP contribution in [-0.2, 0) is 0 Å². The van der Waals surface area contributed by atoms with E-state index in [1.165, 1.54) is 31.4 Å². The molecule has 2 nitrogen and oxygen atoms in total. The van der Waals surface area contributed by atoms with Crippen LogP contribution >= 0.6 is 0 Å². The first-order chi connectivity index (χ1) is 9.19. The molecular formula is C16H25FN2. The number of halogens is 1. The van der Waals surface area contributed by atoms with E-state index in [1.54, 1.807) is 12.1 Å². The number of benzene rings is 1. The van der Waals surface area contributed by atoms with Gasteiger partial charge in [0.05, 0.1) is 0 Å². The van der Waals surface area contributed by atoms with Gasteiger partial charge in [-0.15, -0.1) is 0 Å². The van der Waals surface area contributed by atoms with E-state index in [2.05, 4.69) is 24.2 Å². The lowest BCUT2D eigenvalue weighted by atomic mass is 10.00. The third kappa shape index (κ3) is 4.29. The van der Waals surface area contributed by atoms with Crippen LogP contribution in [-0.4, -0.2) is 31.1 Å². The maximum atomic E-state index is 13.0. The number of likely N-dealkylation sites (tertiary alicyclic amines) is 1. The van der Waals surface area contributed by atoms with Crippen molar-refractivity contribution in [3.05, 3.63) is 35.6 Å². The third-order valence-corrected chi connectivity index (χ3v) is 3.95. The molecule has 0 aliphatic carbocycles. The van der Waals surface area contributed by atoms with Crippen LogP contribution in [0.3, 0.4) is 0 Å². The molecule has 1 aliphatic rings. The van der Waals surface area contributed by atoms with Gasteiger partial charge in [-0.05, 0) is 44.1 Å². The molecule has 0 spiro atoms. The Morgan fingerprint density at radius 2 is 2.11 bits per heavy atom. The van der Waals surface area contributed by atoms with Gasteiger partial charge in [0.25, 0.3) is 0 Å². The molecule has 0 radical (unpaired) electrons.